The number of piperidine rings is 1. The zero-order valence-corrected chi connectivity index (χ0v) is 12.7. The fourth-order valence-electron chi connectivity index (χ4n) is 2.79. The molecule has 0 radical (unpaired) electrons. The molecule has 0 spiro atoms. The number of halogens is 1. The van der Waals surface area contributed by atoms with Crippen LogP contribution in [0, 0.1) is 5.92 Å². The van der Waals surface area contributed by atoms with Gasteiger partial charge in [-0.15, -0.1) is 0 Å². The van der Waals surface area contributed by atoms with Crippen LogP contribution in [0.2, 0.25) is 0 Å². The van der Waals surface area contributed by atoms with Gasteiger partial charge in [0, 0.05) is 25.2 Å². The summed E-state index contributed by atoms with van der Waals surface area (Å²) in [4.78, 5) is 6.98. The van der Waals surface area contributed by atoms with Crippen molar-refractivity contribution < 1.29 is 0 Å². The van der Waals surface area contributed by atoms with Crippen LogP contribution in [0.25, 0.3) is 0 Å². The van der Waals surface area contributed by atoms with Gasteiger partial charge in [0.2, 0.25) is 0 Å². The standard InChI is InChI=1S/C14H19BrN4/c1-18(14-4-2-3-13(15)16-14)17-12-7-10-19-8-5-11(12)6-9-19/h2-4,7,11,17H,5-6,8-10H2,1H3. The third-order valence-electron chi connectivity index (χ3n) is 3.94. The third-order valence-corrected chi connectivity index (χ3v) is 4.38. The summed E-state index contributed by atoms with van der Waals surface area (Å²) in [6.07, 6.45) is 4.86. The lowest BCUT2D eigenvalue weighted by atomic mass is 9.95. The molecule has 0 unspecified atom stereocenters. The zero-order chi connectivity index (χ0) is 13.2. The molecule has 1 aromatic heterocycles. The Morgan fingerprint density at radius 1 is 1.37 bits per heavy atom. The highest BCUT2D eigenvalue weighted by molar-refractivity contribution is 9.10. The van der Waals surface area contributed by atoms with Crippen molar-refractivity contribution in [1.29, 1.82) is 0 Å². The topological polar surface area (TPSA) is 31.4 Å². The van der Waals surface area contributed by atoms with E-state index >= 15 is 0 Å². The lowest BCUT2D eigenvalue weighted by molar-refractivity contribution is 0.228. The lowest BCUT2D eigenvalue weighted by Crippen LogP contribution is -2.38. The zero-order valence-electron chi connectivity index (χ0n) is 11.1. The van der Waals surface area contributed by atoms with E-state index in [-0.39, 0.29) is 0 Å². The van der Waals surface area contributed by atoms with Gasteiger partial charge in [-0.1, -0.05) is 6.07 Å². The number of pyridine rings is 1. The van der Waals surface area contributed by atoms with Gasteiger partial charge in [-0.05, 0) is 60.1 Å². The van der Waals surface area contributed by atoms with Crippen molar-refractivity contribution >= 4 is 21.7 Å². The largest absolute Gasteiger partial charge is 0.301 e. The summed E-state index contributed by atoms with van der Waals surface area (Å²) in [7, 11) is 2.02. The maximum atomic E-state index is 4.47. The molecule has 2 bridgehead atoms. The van der Waals surface area contributed by atoms with E-state index in [1.807, 2.05) is 30.3 Å². The highest BCUT2D eigenvalue weighted by Gasteiger charge is 2.26. The fourth-order valence-corrected chi connectivity index (χ4v) is 3.13. The normalized spacial score (nSPS) is 25.7. The predicted molar refractivity (Wildman–Crippen MR) is 80.7 cm³/mol. The number of rotatable bonds is 3. The summed E-state index contributed by atoms with van der Waals surface area (Å²) >= 11 is 3.41. The second kappa shape index (κ2) is 5.51. The Bertz CT molecular complexity index is 480. The second-order valence-electron chi connectivity index (χ2n) is 5.22. The number of anilines is 1. The van der Waals surface area contributed by atoms with E-state index in [0.29, 0.717) is 5.92 Å². The molecule has 3 aliphatic heterocycles. The predicted octanol–water partition coefficient (Wildman–Crippen LogP) is 2.39. The molecule has 0 saturated carbocycles. The van der Waals surface area contributed by atoms with Crippen molar-refractivity contribution in [2.45, 2.75) is 12.8 Å². The molecule has 1 saturated heterocycles. The average Bonchev–Trinajstić information content (AvgIpc) is 2.73. The fraction of sp³-hybridized carbons (Fsp3) is 0.500. The number of aromatic nitrogens is 1. The van der Waals surface area contributed by atoms with Gasteiger partial charge in [-0.3, -0.25) is 9.91 Å². The number of nitrogens with zero attached hydrogens (tertiary/aromatic N) is 3. The van der Waals surface area contributed by atoms with Crippen LogP contribution in [0.5, 0.6) is 0 Å². The maximum Gasteiger partial charge on any atom is 0.148 e. The quantitative estimate of drug-likeness (QED) is 0.684. The summed E-state index contributed by atoms with van der Waals surface area (Å²) in [6.45, 7) is 3.52. The van der Waals surface area contributed by atoms with E-state index in [9.17, 15) is 0 Å². The number of hydrogen-bond donors (Lipinski definition) is 1. The lowest BCUT2D eigenvalue weighted by Gasteiger charge is -2.30. The van der Waals surface area contributed by atoms with Gasteiger partial charge in [0.1, 0.15) is 10.4 Å². The number of fused-ring (bicyclic) bond motifs is 3. The third kappa shape index (κ3) is 2.92. The van der Waals surface area contributed by atoms with Gasteiger partial charge in [0.15, 0.2) is 0 Å². The van der Waals surface area contributed by atoms with Crippen LogP contribution < -0.4 is 10.4 Å². The minimum absolute atomic E-state index is 0.674. The number of nitrogens with one attached hydrogen (secondary N) is 1. The molecule has 0 aliphatic carbocycles. The van der Waals surface area contributed by atoms with Crippen LogP contribution in [0.3, 0.4) is 0 Å². The molecule has 4 nitrogen and oxygen atoms in total. The molecular weight excluding hydrogens is 304 g/mol. The van der Waals surface area contributed by atoms with Crippen LogP contribution in [0.1, 0.15) is 12.8 Å². The monoisotopic (exact) mass is 322 g/mol. The molecule has 0 atom stereocenters. The number of hydrazine groups is 1. The van der Waals surface area contributed by atoms with E-state index in [0.717, 1.165) is 17.0 Å². The first-order chi connectivity index (χ1) is 9.22. The van der Waals surface area contributed by atoms with E-state index in [4.69, 9.17) is 0 Å². The molecule has 4 heterocycles. The van der Waals surface area contributed by atoms with Crippen LogP contribution in [-0.4, -0.2) is 36.6 Å². The molecular formula is C14H19BrN4. The van der Waals surface area contributed by atoms with Crippen molar-refractivity contribution in [2.75, 3.05) is 31.7 Å². The molecule has 1 aromatic rings. The van der Waals surface area contributed by atoms with E-state index < -0.39 is 0 Å². The van der Waals surface area contributed by atoms with Crippen molar-refractivity contribution in [3.8, 4) is 0 Å². The molecule has 1 fully saturated rings. The van der Waals surface area contributed by atoms with Gasteiger partial charge in [0.05, 0.1) is 0 Å². The smallest absolute Gasteiger partial charge is 0.148 e. The van der Waals surface area contributed by atoms with Gasteiger partial charge >= 0.3 is 0 Å². The molecule has 0 amide bonds. The Kier molecular flexibility index (Phi) is 3.75. The molecule has 102 valence electrons. The first kappa shape index (κ1) is 12.9. The first-order valence-electron chi connectivity index (χ1n) is 6.78. The molecule has 0 aromatic carbocycles. The van der Waals surface area contributed by atoms with E-state index in [1.165, 1.54) is 31.6 Å². The van der Waals surface area contributed by atoms with Crippen LogP contribution in [0.15, 0.2) is 34.6 Å². The van der Waals surface area contributed by atoms with Gasteiger partial charge in [-0.25, -0.2) is 4.98 Å². The molecule has 5 heteroatoms. The van der Waals surface area contributed by atoms with Crippen molar-refractivity contribution in [3.05, 3.63) is 34.6 Å². The van der Waals surface area contributed by atoms with Gasteiger partial charge in [-0.2, -0.15) is 0 Å². The Labute approximate surface area is 122 Å². The Morgan fingerprint density at radius 3 is 2.89 bits per heavy atom. The first-order valence-corrected chi connectivity index (χ1v) is 7.57. The Morgan fingerprint density at radius 2 is 2.16 bits per heavy atom. The average molecular weight is 323 g/mol. The van der Waals surface area contributed by atoms with Crippen molar-refractivity contribution in [2.24, 2.45) is 5.92 Å². The number of hydrogen-bond acceptors (Lipinski definition) is 4. The van der Waals surface area contributed by atoms with Crippen LogP contribution >= 0.6 is 15.9 Å². The Hall–Kier alpha value is -1.07. The van der Waals surface area contributed by atoms with Gasteiger partial charge < -0.3 is 5.43 Å². The summed E-state index contributed by atoms with van der Waals surface area (Å²) in [5.74, 6) is 1.60. The summed E-state index contributed by atoms with van der Waals surface area (Å²) in [5, 5.41) is 2.00. The molecule has 19 heavy (non-hydrogen) atoms. The van der Waals surface area contributed by atoms with Crippen molar-refractivity contribution in [1.82, 2.24) is 15.3 Å². The van der Waals surface area contributed by atoms with Gasteiger partial charge in [0.25, 0.3) is 0 Å². The van der Waals surface area contributed by atoms with Crippen molar-refractivity contribution in [3.63, 3.8) is 0 Å². The van der Waals surface area contributed by atoms with Crippen LogP contribution in [0.4, 0.5) is 5.82 Å². The molecule has 3 aliphatic rings. The molecule has 1 N–H and O–H groups in total. The summed E-state index contributed by atoms with van der Waals surface area (Å²) in [6, 6.07) is 5.95. The second-order valence-corrected chi connectivity index (χ2v) is 6.04. The Balaban J connectivity index is 1.72. The SMILES string of the molecule is CN(NC1=CCN2CCC1CC2)c1cccc(Br)n1. The number of allylic oxidation sites excluding steroid dienone is 1. The van der Waals surface area contributed by atoms with E-state index in [2.05, 4.69) is 37.3 Å². The summed E-state index contributed by atoms with van der Waals surface area (Å²) < 4.78 is 0.862. The highest BCUT2D eigenvalue weighted by Crippen LogP contribution is 2.27. The van der Waals surface area contributed by atoms with E-state index in [1.54, 1.807) is 0 Å². The minimum atomic E-state index is 0.674. The highest BCUT2D eigenvalue weighted by atomic mass is 79.9. The molecule has 4 rings (SSSR count). The van der Waals surface area contributed by atoms with Crippen LogP contribution in [-0.2, 0) is 0 Å². The summed E-state index contributed by atoms with van der Waals surface area (Å²) in [5.41, 5.74) is 4.87. The minimum Gasteiger partial charge on any atom is -0.301 e. The maximum absolute atomic E-state index is 4.47.